The summed E-state index contributed by atoms with van der Waals surface area (Å²) in [6.45, 7) is 0. The fourth-order valence-electron chi connectivity index (χ4n) is 10.7. The third-order valence-corrected chi connectivity index (χ3v) is 13.3. The van der Waals surface area contributed by atoms with Crippen molar-refractivity contribution in [2.45, 2.75) is 5.41 Å². The van der Waals surface area contributed by atoms with Gasteiger partial charge in [0.1, 0.15) is 0 Å². The van der Waals surface area contributed by atoms with Gasteiger partial charge in [-0.25, -0.2) is 9.97 Å². The molecule has 2 aliphatic carbocycles. The molecule has 1 heterocycles. The number of hydrogen-bond acceptors (Lipinski definition) is 2. The van der Waals surface area contributed by atoms with E-state index in [9.17, 15) is 0 Å². The van der Waals surface area contributed by atoms with Gasteiger partial charge in [0.15, 0.2) is 5.82 Å². The van der Waals surface area contributed by atoms with Crippen molar-refractivity contribution in [3.05, 3.63) is 241 Å². The van der Waals surface area contributed by atoms with Crippen LogP contribution in [-0.4, -0.2) is 9.97 Å². The Balaban J connectivity index is 1.10. The number of hydrogen-bond donors (Lipinski definition) is 0. The van der Waals surface area contributed by atoms with Gasteiger partial charge in [-0.2, -0.15) is 0 Å². The number of fused-ring (bicyclic) bond motifs is 16. The van der Waals surface area contributed by atoms with Gasteiger partial charge in [0, 0.05) is 16.7 Å². The minimum Gasteiger partial charge on any atom is -0.228 e. The summed E-state index contributed by atoms with van der Waals surface area (Å²) in [5, 5.41) is 7.72. The zero-order valence-electron chi connectivity index (χ0n) is 33.2. The van der Waals surface area contributed by atoms with Crippen molar-refractivity contribution in [3.63, 3.8) is 0 Å². The topological polar surface area (TPSA) is 25.8 Å². The van der Waals surface area contributed by atoms with Gasteiger partial charge in [0.05, 0.1) is 16.8 Å². The molecule has 0 bridgehead atoms. The molecule has 0 radical (unpaired) electrons. The van der Waals surface area contributed by atoms with Gasteiger partial charge in [-0.1, -0.05) is 194 Å². The van der Waals surface area contributed by atoms with Crippen LogP contribution in [0.2, 0.25) is 0 Å². The molecule has 282 valence electrons. The van der Waals surface area contributed by atoms with E-state index in [1.807, 2.05) is 6.07 Å². The Hall–Kier alpha value is -7.94. The Kier molecular flexibility index (Phi) is 7.26. The van der Waals surface area contributed by atoms with Crippen LogP contribution in [0, 0.1) is 0 Å². The number of rotatable bonds is 4. The zero-order valence-corrected chi connectivity index (χ0v) is 33.2. The van der Waals surface area contributed by atoms with E-state index in [1.165, 1.54) is 82.4 Å². The smallest absolute Gasteiger partial charge is 0.160 e. The third kappa shape index (κ3) is 4.85. The number of nitrogens with zero attached hydrogens (tertiary/aromatic N) is 2. The van der Waals surface area contributed by atoms with Crippen LogP contribution >= 0.6 is 0 Å². The molecule has 0 saturated carbocycles. The predicted molar refractivity (Wildman–Crippen MR) is 253 cm³/mol. The van der Waals surface area contributed by atoms with E-state index in [-0.39, 0.29) is 0 Å². The summed E-state index contributed by atoms with van der Waals surface area (Å²) in [5.41, 5.74) is 17.0. The molecule has 11 aromatic rings. The summed E-state index contributed by atoms with van der Waals surface area (Å²) in [6, 6.07) is 79.8. The molecule has 2 heteroatoms. The molecule has 1 spiro atoms. The standard InChI is InChI=1S/C59H36N2/c1-3-17-37(18-4-1)39-21-15-22-40(33-39)55-36-56(61-58(60-55)38-19-5-2-6-20-38)47-29-16-32-53-57(47)46-28-12-14-31-52(46)59(53)51-30-13-11-27-45(51)50-34-48-43-25-9-7-23-41(43)42-24-8-10-26-44(42)49(48)35-54(50)59/h1-36H. The monoisotopic (exact) mass is 772 g/mol. The molecule has 2 nitrogen and oxygen atoms in total. The van der Waals surface area contributed by atoms with Crippen molar-refractivity contribution in [1.82, 2.24) is 9.97 Å². The van der Waals surface area contributed by atoms with Gasteiger partial charge in [-0.3, -0.25) is 0 Å². The van der Waals surface area contributed by atoms with Crippen molar-refractivity contribution >= 4 is 32.3 Å². The molecule has 1 atom stereocenters. The number of aromatic nitrogens is 2. The Morgan fingerprint density at radius 3 is 1.48 bits per heavy atom. The van der Waals surface area contributed by atoms with E-state index in [0.717, 1.165) is 33.6 Å². The third-order valence-electron chi connectivity index (χ3n) is 13.3. The highest BCUT2D eigenvalue weighted by Gasteiger charge is 2.52. The van der Waals surface area contributed by atoms with Gasteiger partial charge < -0.3 is 0 Å². The van der Waals surface area contributed by atoms with E-state index in [0.29, 0.717) is 5.82 Å². The first kappa shape index (κ1) is 34.0. The summed E-state index contributed by atoms with van der Waals surface area (Å²) in [5.74, 6) is 0.707. The van der Waals surface area contributed by atoms with Crippen LogP contribution in [-0.2, 0) is 5.41 Å². The first-order chi connectivity index (χ1) is 30.3. The van der Waals surface area contributed by atoms with E-state index >= 15 is 0 Å². The Morgan fingerprint density at radius 1 is 0.262 bits per heavy atom. The maximum absolute atomic E-state index is 5.43. The van der Waals surface area contributed by atoms with Crippen molar-refractivity contribution < 1.29 is 0 Å². The lowest BCUT2D eigenvalue weighted by atomic mass is 9.70. The second-order valence-electron chi connectivity index (χ2n) is 16.4. The van der Waals surface area contributed by atoms with Gasteiger partial charge in [0.25, 0.3) is 0 Å². The Bertz CT molecular complexity index is 3590. The molecule has 0 saturated heterocycles. The number of benzene rings is 10. The van der Waals surface area contributed by atoms with Crippen LogP contribution in [0.1, 0.15) is 22.3 Å². The van der Waals surface area contributed by atoms with E-state index in [2.05, 4.69) is 212 Å². The fraction of sp³-hybridized carbons (Fsp3) is 0.0169. The summed E-state index contributed by atoms with van der Waals surface area (Å²) in [7, 11) is 0. The van der Waals surface area contributed by atoms with Gasteiger partial charge in [-0.15, -0.1) is 0 Å². The lowest BCUT2D eigenvalue weighted by Crippen LogP contribution is -2.25. The van der Waals surface area contributed by atoms with Crippen LogP contribution < -0.4 is 0 Å². The molecule has 13 rings (SSSR count). The molecule has 0 fully saturated rings. The van der Waals surface area contributed by atoms with Crippen LogP contribution in [0.25, 0.3) is 99.6 Å². The molecular weight excluding hydrogens is 737 g/mol. The molecular formula is C59H36N2. The lowest BCUT2D eigenvalue weighted by molar-refractivity contribution is 0.795. The summed E-state index contributed by atoms with van der Waals surface area (Å²) in [4.78, 5) is 10.7. The van der Waals surface area contributed by atoms with Crippen molar-refractivity contribution in [2.75, 3.05) is 0 Å². The molecule has 2 aliphatic rings. The van der Waals surface area contributed by atoms with Crippen molar-refractivity contribution in [1.29, 1.82) is 0 Å². The summed E-state index contributed by atoms with van der Waals surface area (Å²) in [6.07, 6.45) is 0. The van der Waals surface area contributed by atoms with Gasteiger partial charge in [-0.05, 0) is 112 Å². The Labute approximate surface area is 354 Å². The first-order valence-electron chi connectivity index (χ1n) is 21.1. The molecule has 0 N–H and O–H groups in total. The highest BCUT2D eigenvalue weighted by atomic mass is 14.9. The largest absolute Gasteiger partial charge is 0.228 e. The van der Waals surface area contributed by atoms with Gasteiger partial charge in [0.2, 0.25) is 0 Å². The van der Waals surface area contributed by atoms with Crippen molar-refractivity contribution in [3.8, 4) is 67.3 Å². The van der Waals surface area contributed by atoms with Crippen molar-refractivity contribution in [2.24, 2.45) is 0 Å². The molecule has 1 aromatic heterocycles. The minimum atomic E-state index is -0.531. The van der Waals surface area contributed by atoms with Crippen LogP contribution in [0.5, 0.6) is 0 Å². The molecule has 0 amide bonds. The molecule has 1 unspecified atom stereocenters. The molecule has 0 aliphatic heterocycles. The maximum Gasteiger partial charge on any atom is 0.160 e. The second kappa shape index (κ2) is 13.0. The zero-order chi connectivity index (χ0) is 40.1. The highest BCUT2D eigenvalue weighted by molar-refractivity contribution is 6.26. The second-order valence-corrected chi connectivity index (χ2v) is 16.4. The minimum absolute atomic E-state index is 0.531. The lowest BCUT2D eigenvalue weighted by Gasteiger charge is -2.31. The molecule has 10 aromatic carbocycles. The van der Waals surface area contributed by atoms with Crippen LogP contribution in [0.3, 0.4) is 0 Å². The average Bonchev–Trinajstić information content (AvgIpc) is 3.81. The Morgan fingerprint density at radius 2 is 0.754 bits per heavy atom. The summed E-state index contributed by atoms with van der Waals surface area (Å²) < 4.78 is 0. The van der Waals surface area contributed by atoms with Gasteiger partial charge >= 0.3 is 0 Å². The molecule has 61 heavy (non-hydrogen) atoms. The van der Waals surface area contributed by atoms with Crippen LogP contribution in [0.4, 0.5) is 0 Å². The van der Waals surface area contributed by atoms with E-state index < -0.39 is 5.41 Å². The normalized spacial score (nSPS) is 14.6. The first-order valence-corrected chi connectivity index (χ1v) is 21.1. The van der Waals surface area contributed by atoms with Crippen LogP contribution in [0.15, 0.2) is 218 Å². The van der Waals surface area contributed by atoms with E-state index in [1.54, 1.807) is 0 Å². The predicted octanol–water partition coefficient (Wildman–Crippen LogP) is 14.9. The quantitative estimate of drug-likeness (QED) is 0.167. The maximum atomic E-state index is 5.43. The SMILES string of the molecule is c1ccc(-c2cccc(-c3cc(-c4cccc5c4-c4ccccc4C54c5ccccc5-c5cc6c7ccccc7c7ccccc7c6cc54)nc(-c4ccccc4)n3)c2)cc1. The van der Waals surface area contributed by atoms with E-state index in [4.69, 9.17) is 9.97 Å². The fourth-order valence-corrected chi connectivity index (χ4v) is 10.7. The average molecular weight is 773 g/mol. The highest BCUT2D eigenvalue weighted by Crippen LogP contribution is 2.64. The summed E-state index contributed by atoms with van der Waals surface area (Å²) >= 11 is 0.